The summed E-state index contributed by atoms with van der Waals surface area (Å²) in [5, 5.41) is 16.7. The minimum absolute atomic E-state index is 0.138. The summed E-state index contributed by atoms with van der Waals surface area (Å²) in [6.45, 7) is 0. The number of amides is 2. The minimum atomic E-state index is -1.22. The highest BCUT2D eigenvalue weighted by atomic mass is 35.5. The number of nitro benzene ring substituents is 1. The van der Waals surface area contributed by atoms with Gasteiger partial charge in [0.25, 0.3) is 17.5 Å². The highest BCUT2D eigenvalue weighted by Gasteiger charge is 2.27. The number of non-ortho nitro benzene ring substituents is 1. The van der Waals surface area contributed by atoms with Gasteiger partial charge in [-0.25, -0.2) is 4.99 Å². The highest BCUT2D eigenvalue weighted by molar-refractivity contribution is 6.31. The van der Waals surface area contributed by atoms with Crippen molar-refractivity contribution in [1.82, 2.24) is 5.32 Å². The SMILES string of the molecule is O=C(NC1N=C(c2cccc(Cl)c2)c2ccccc2NC1=O)c1ccc([N+](=O)[O-])cc1. The number of halogens is 1. The predicted molar refractivity (Wildman–Crippen MR) is 117 cm³/mol. The van der Waals surface area contributed by atoms with Crippen molar-refractivity contribution in [2.45, 2.75) is 6.17 Å². The van der Waals surface area contributed by atoms with Gasteiger partial charge in [-0.2, -0.15) is 0 Å². The Kier molecular flexibility index (Phi) is 5.46. The van der Waals surface area contributed by atoms with E-state index in [1.54, 1.807) is 30.3 Å². The molecule has 0 fully saturated rings. The molecule has 0 saturated carbocycles. The maximum atomic E-state index is 12.8. The van der Waals surface area contributed by atoms with Crippen molar-refractivity contribution in [2.75, 3.05) is 5.32 Å². The van der Waals surface area contributed by atoms with Crippen molar-refractivity contribution in [3.8, 4) is 0 Å². The molecule has 1 unspecified atom stereocenters. The first kappa shape index (κ1) is 20.2. The number of hydrogen-bond donors (Lipinski definition) is 2. The van der Waals surface area contributed by atoms with Crippen LogP contribution >= 0.6 is 11.6 Å². The maximum absolute atomic E-state index is 12.8. The van der Waals surface area contributed by atoms with Crippen molar-refractivity contribution in [3.05, 3.63) is 105 Å². The summed E-state index contributed by atoms with van der Waals surface area (Å²) >= 11 is 6.14. The van der Waals surface area contributed by atoms with E-state index < -0.39 is 22.9 Å². The second-order valence-electron chi connectivity index (χ2n) is 6.70. The first-order valence-corrected chi connectivity index (χ1v) is 9.59. The summed E-state index contributed by atoms with van der Waals surface area (Å²) in [6.07, 6.45) is -1.22. The van der Waals surface area contributed by atoms with E-state index in [1.165, 1.54) is 24.3 Å². The number of nitro groups is 1. The number of fused-ring (bicyclic) bond motifs is 1. The third-order valence-corrected chi connectivity index (χ3v) is 4.89. The Morgan fingerprint density at radius 1 is 1.06 bits per heavy atom. The second-order valence-corrected chi connectivity index (χ2v) is 7.14. The molecule has 1 aliphatic heterocycles. The molecule has 0 aliphatic carbocycles. The third-order valence-electron chi connectivity index (χ3n) is 4.65. The summed E-state index contributed by atoms with van der Waals surface area (Å²) in [6, 6.07) is 19.3. The summed E-state index contributed by atoms with van der Waals surface area (Å²) in [4.78, 5) is 40.2. The van der Waals surface area contributed by atoms with Gasteiger partial charge in [-0.1, -0.05) is 41.9 Å². The number of benzene rings is 3. The van der Waals surface area contributed by atoms with E-state index in [0.29, 0.717) is 27.5 Å². The molecule has 4 rings (SSSR count). The number of carbonyl (C=O) groups is 2. The number of anilines is 1. The van der Waals surface area contributed by atoms with Gasteiger partial charge in [-0.15, -0.1) is 0 Å². The molecule has 2 amide bonds. The lowest BCUT2D eigenvalue weighted by molar-refractivity contribution is -0.384. The smallest absolute Gasteiger partial charge is 0.269 e. The average molecular weight is 435 g/mol. The summed E-state index contributed by atoms with van der Waals surface area (Å²) < 4.78 is 0. The van der Waals surface area contributed by atoms with Gasteiger partial charge in [-0.05, 0) is 30.3 Å². The molecule has 8 nitrogen and oxygen atoms in total. The molecular formula is C22H15ClN4O4. The minimum Gasteiger partial charge on any atom is -0.322 e. The van der Waals surface area contributed by atoms with Crippen LogP contribution in [0.15, 0.2) is 77.8 Å². The van der Waals surface area contributed by atoms with Crippen LogP contribution in [-0.4, -0.2) is 28.6 Å². The van der Waals surface area contributed by atoms with Crippen LogP contribution in [0.1, 0.15) is 21.5 Å². The van der Waals surface area contributed by atoms with E-state index in [-0.39, 0.29) is 11.3 Å². The van der Waals surface area contributed by atoms with E-state index in [2.05, 4.69) is 15.6 Å². The molecule has 1 atom stereocenters. The van der Waals surface area contributed by atoms with Crippen molar-refractivity contribution < 1.29 is 14.5 Å². The van der Waals surface area contributed by atoms with Gasteiger partial charge in [0.2, 0.25) is 6.17 Å². The van der Waals surface area contributed by atoms with Crippen LogP contribution in [0.3, 0.4) is 0 Å². The molecule has 0 spiro atoms. The van der Waals surface area contributed by atoms with Crippen LogP contribution in [0.4, 0.5) is 11.4 Å². The van der Waals surface area contributed by atoms with Crippen molar-refractivity contribution >= 4 is 40.5 Å². The van der Waals surface area contributed by atoms with Crippen LogP contribution in [-0.2, 0) is 4.79 Å². The number of aliphatic imine (C=N–C) groups is 1. The zero-order chi connectivity index (χ0) is 22.0. The first-order valence-electron chi connectivity index (χ1n) is 9.22. The Balaban J connectivity index is 1.70. The van der Waals surface area contributed by atoms with Crippen molar-refractivity contribution in [1.29, 1.82) is 0 Å². The number of nitrogens with zero attached hydrogens (tertiary/aromatic N) is 2. The third kappa shape index (κ3) is 4.29. The molecule has 3 aromatic rings. The first-order chi connectivity index (χ1) is 14.9. The Morgan fingerprint density at radius 2 is 1.81 bits per heavy atom. The van der Waals surface area contributed by atoms with E-state index in [4.69, 9.17) is 11.6 Å². The molecule has 0 aromatic heterocycles. The van der Waals surface area contributed by atoms with E-state index in [9.17, 15) is 19.7 Å². The van der Waals surface area contributed by atoms with Gasteiger partial charge >= 0.3 is 0 Å². The number of para-hydroxylation sites is 1. The average Bonchev–Trinajstić information content (AvgIpc) is 2.90. The molecule has 9 heteroatoms. The van der Waals surface area contributed by atoms with E-state index >= 15 is 0 Å². The lowest BCUT2D eigenvalue weighted by Gasteiger charge is -2.13. The van der Waals surface area contributed by atoms with Gasteiger partial charge in [0, 0.05) is 33.8 Å². The Bertz CT molecular complexity index is 1220. The van der Waals surface area contributed by atoms with Gasteiger partial charge in [0.05, 0.1) is 16.3 Å². The molecule has 1 heterocycles. The lowest BCUT2D eigenvalue weighted by Crippen LogP contribution is -2.42. The van der Waals surface area contributed by atoms with Crippen LogP contribution < -0.4 is 10.6 Å². The number of nitrogens with one attached hydrogen (secondary N) is 2. The van der Waals surface area contributed by atoms with Crippen LogP contribution in [0.25, 0.3) is 0 Å². The fraction of sp³-hybridized carbons (Fsp3) is 0.0455. The topological polar surface area (TPSA) is 114 Å². The Labute approximate surface area is 181 Å². The summed E-state index contributed by atoms with van der Waals surface area (Å²) in [5.41, 5.74) is 2.44. The van der Waals surface area contributed by atoms with E-state index in [1.807, 2.05) is 18.2 Å². The van der Waals surface area contributed by atoms with Crippen molar-refractivity contribution in [2.24, 2.45) is 4.99 Å². The van der Waals surface area contributed by atoms with Crippen molar-refractivity contribution in [3.63, 3.8) is 0 Å². The van der Waals surface area contributed by atoms with Gasteiger partial charge < -0.3 is 10.6 Å². The lowest BCUT2D eigenvalue weighted by atomic mass is 10.0. The number of hydrogen-bond acceptors (Lipinski definition) is 5. The molecule has 31 heavy (non-hydrogen) atoms. The monoisotopic (exact) mass is 434 g/mol. The fourth-order valence-electron chi connectivity index (χ4n) is 3.16. The van der Waals surface area contributed by atoms with Gasteiger partial charge in [0.1, 0.15) is 0 Å². The summed E-state index contributed by atoms with van der Waals surface area (Å²) in [5.74, 6) is -1.10. The quantitative estimate of drug-likeness (QED) is 0.480. The van der Waals surface area contributed by atoms with Gasteiger partial charge in [0.15, 0.2) is 0 Å². The molecule has 0 bridgehead atoms. The number of rotatable bonds is 4. The van der Waals surface area contributed by atoms with E-state index in [0.717, 1.165) is 0 Å². The van der Waals surface area contributed by atoms with Crippen LogP contribution in [0, 0.1) is 10.1 Å². The highest BCUT2D eigenvalue weighted by Crippen LogP contribution is 2.25. The zero-order valence-electron chi connectivity index (χ0n) is 15.9. The zero-order valence-corrected chi connectivity index (χ0v) is 16.7. The fourth-order valence-corrected chi connectivity index (χ4v) is 3.35. The molecule has 1 aliphatic rings. The molecule has 2 N–H and O–H groups in total. The van der Waals surface area contributed by atoms with Crippen LogP contribution in [0.5, 0.6) is 0 Å². The molecule has 154 valence electrons. The number of carbonyl (C=O) groups excluding carboxylic acids is 2. The normalized spacial score (nSPS) is 15.2. The standard InChI is InChI=1S/C22H15ClN4O4/c23-15-5-3-4-14(12-15)19-17-6-1-2-7-18(17)24-22(29)20(25-19)26-21(28)13-8-10-16(11-9-13)27(30)31/h1-12,20H,(H,24,29)(H,26,28). The Morgan fingerprint density at radius 3 is 2.52 bits per heavy atom. The predicted octanol–water partition coefficient (Wildman–Crippen LogP) is 3.79. The molecule has 0 radical (unpaired) electrons. The second kappa shape index (κ2) is 8.37. The molecule has 0 saturated heterocycles. The molecular weight excluding hydrogens is 420 g/mol. The molecule has 3 aromatic carbocycles. The maximum Gasteiger partial charge on any atom is 0.269 e. The van der Waals surface area contributed by atoms with Gasteiger partial charge in [-0.3, -0.25) is 19.7 Å². The largest absolute Gasteiger partial charge is 0.322 e. The Hall–Kier alpha value is -4.04. The number of benzodiazepines with no additional fused rings is 1. The summed E-state index contributed by atoms with van der Waals surface area (Å²) in [7, 11) is 0. The van der Waals surface area contributed by atoms with Crippen LogP contribution in [0.2, 0.25) is 5.02 Å².